The summed E-state index contributed by atoms with van der Waals surface area (Å²) in [5.74, 6) is 0.901. The number of likely N-dealkylation sites (tertiary alicyclic amines) is 1. The van der Waals surface area contributed by atoms with Crippen LogP contribution >= 0.6 is 0 Å². The molecule has 1 heterocycles. The van der Waals surface area contributed by atoms with Gasteiger partial charge in [-0.15, -0.1) is 6.58 Å². The number of nitrogens with zero attached hydrogens (tertiary/aromatic N) is 1. The second kappa shape index (κ2) is 7.02. The van der Waals surface area contributed by atoms with Gasteiger partial charge in [-0.25, -0.2) is 0 Å². The molecule has 0 bridgehead atoms. The highest BCUT2D eigenvalue weighted by Gasteiger charge is 2.17. The molecule has 0 saturated carbocycles. The Morgan fingerprint density at radius 3 is 2.60 bits per heavy atom. The lowest BCUT2D eigenvalue weighted by Crippen LogP contribution is -2.37. The molecule has 2 heteroatoms. The maximum Gasteiger partial charge on any atom is -0.00117 e. The zero-order valence-electron chi connectivity index (χ0n) is 10.4. The molecule has 88 valence electrons. The average molecular weight is 210 g/mol. The van der Waals surface area contributed by atoms with Crippen LogP contribution in [0.15, 0.2) is 12.2 Å². The van der Waals surface area contributed by atoms with Crippen molar-refractivity contribution < 1.29 is 0 Å². The van der Waals surface area contributed by atoms with Gasteiger partial charge in [0.05, 0.1) is 0 Å². The molecular formula is C13H26N2. The van der Waals surface area contributed by atoms with E-state index >= 15 is 0 Å². The second-order valence-electron chi connectivity index (χ2n) is 4.79. The largest absolute Gasteiger partial charge is 0.316 e. The highest BCUT2D eigenvalue weighted by atomic mass is 15.1. The van der Waals surface area contributed by atoms with Crippen LogP contribution in [0.25, 0.3) is 0 Å². The van der Waals surface area contributed by atoms with E-state index in [1.54, 1.807) is 0 Å². The molecule has 1 N–H and O–H groups in total. The maximum atomic E-state index is 3.91. The zero-order valence-corrected chi connectivity index (χ0v) is 10.4. The van der Waals surface area contributed by atoms with Gasteiger partial charge in [-0.1, -0.05) is 12.5 Å². The van der Waals surface area contributed by atoms with Crippen molar-refractivity contribution in [3.8, 4) is 0 Å². The summed E-state index contributed by atoms with van der Waals surface area (Å²) in [6, 6.07) is 0. The van der Waals surface area contributed by atoms with Gasteiger partial charge in [0.1, 0.15) is 0 Å². The van der Waals surface area contributed by atoms with E-state index in [-0.39, 0.29) is 0 Å². The van der Waals surface area contributed by atoms with Crippen molar-refractivity contribution in [2.45, 2.75) is 33.1 Å². The van der Waals surface area contributed by atoms with Gasteiger partial charge in [0.2, 0.25) is 0 Å². The van der Waals surface area contributed by atoms with Crippen LogP contribution in [0.3, 0.4) is 0 Å². The third-order valence-electron chi connectivity index (χ3n) is 3.32. The Morgan fingerprint density at radius 2 is 2.07 bits per heavy atom. The van der Waals surface area contributed by atoms with Crippen LogP contribution in [0.5, 0.6) is 0 Å². The van der Waals surface area contributed by atoms with Gasteiger partial charge in [-0.05, 0) is 64.8 Å². The van der Waals surface area contributed by atoms with Crippen LogP contribution in [0, 0.1) is 5.92 Å². The molecule has 1 fully saturated rings. The number of nitrogens with one attached hydrogen (secondary N) is 1. The predicted octanol–water partition coefficient (Wildman–Crippen LogP) is 2.27. The molecule has 1 rings (SSSR count). The lowest BCUT2D eigenvalue weighted by atomic mass is 9.97. The molecule has 0 aromatic rings. The molecule has 0 aromatic carbocycles. The minimum atomic E-state index is 0.901. The van der Waals surface area contributed by atoms with Crippen molar-refractivity contribution >= 4 is 0 Å². The normalized spacial score (nSPS) is 19.3. The SMILES string of the molecule is C=C(C)CCNCC1CCN(CC)CC1. The van der Waals surface area contributed by atoms with Crippen molar-refractivity contribution in [3.63, 3.8) is 0 Å². The molecule has 1 saturated heterocycles. The van der Waals surface area contributed by atoms with E-state index in [9.17, 15) is 0 Å². The summed E-state index contributed by atoms with van der Waals surface area (Å²) in [6.45, 7) is 14.4. The lowest BCUT2D eigenvalue weighted by Gasteiger charge is -2.31. The predicted molar refractivity (Wildman–Crippen MR) is 67.1 cm³/mol. The fraction of sp³-hybridized carbons (Fsp3) is 0.846. The van der Waals surface area contributed by atoms with Crippen molar-refractivity contribution in [1.82, 2.24) is 10.2 Å². The quantitative estimate of drug-likeness (QED) is 0.534. The molecule has 0 aliphatic carbocycles. The van der Waals surface area contributed by atoms with E-state index in [2.05, 4.69) is 30.6 Å². The number of rotatable bonds is 6. The first-order valence-corrected chi connectivity index (χ1v) is 6.29. The highest BCUT2D eigenvalue weighted by Crippen LogP contribution is 2.15. The molecule has 0 amide bonds. The van der Waals surface area contributed by atoms with E-state index in [1.807, 2.05) is 0 Å². The lowest BCUT2D eigenvalue weighted by molar-refractivity contribution is 0.190. The minimum Gasteiger partial charge on any atom is -0.316 e. The molecule has 0 spiro atoms. The summed E-state index contributed by atoms with van der Waals surface area (Å²) < 4.78 is 0. The van der Waals surface area contributed by atoms with E-state index < -0.39 is 0 Å². The minimum absolute atomic E-state index is 0.901. The number of hydrogen-bond donors (Lipinski definition) is 1. The van der Waals surface area contributed by atoms with Crippen molar-refractivity contribution in [3.05, 3.63) is 12.2 Å². The molecule has 0 atom stereocenters. The number of hydrogen-bond acceptors (Lipinski definition) is 2. The summed E-state index contributed by atoms with van der Waals surface area (Å²) >= 11 is 0. The van der Waals surface area contributed by atoms with Crippen LogP contribution in [-0.2, 0) is 0 Å². The van der Waals surface area contributed by atoms with Gasteiger partial charge in [0, 0.05) is 0 Å². The molecule has 0 radical (unpaired) electrons. The second-order valence-corrected chi connectivity index (χ2v) is 4.79. The topological polar surface area (TPSA) is 15.3 Å². The van der Waals surface area contributed by atoms with E-state index in [4.69, 9.17) is 0 Å². The van der Waals surface area contributed by atoms with Crippen molar-refractivity contribution in [2.75, 3.05) is 32.7 Å². The van der Waals surface area contributed by atoms with Gasteiger partial charge in [-0.2, -0.15) is 0 Å². The summed E-state index contributed by atoms with van der Waals surface area (Å²) in [6.07, 6.45) is 3.86. The standard InChI is InChI=1S/C13H26N2/c1-4-15-9-6-13(7-10-15)11-14-8-5-12(2)3/h13-14H,2,4-11H2,1,3H3. The first kappa shape index (κ1) is 12.7. The third kappa shape index (κ3) is 5.33. The molecule has 1 aliphatic heterocycles. The molecule has 2 nitrogen and oxygen atoms in total. The highest BCUT2D eigenvalue weighted by molar-refractivity contribution is 4.88. The Kier molecular flexibility index (Phi) is 5.96. The molecule has 15 heavy (non-hydrogen) atoms. The van der Waals surface area contributed by atoms with Gasteiger partial charge in [0.15, 0.2) is 0 Å². The zero-order chi connectivity index (χ0) is 11.1. The van der Waals surface area contributed by atoms with Crippen LogP contribution in [0.2, 0.25) is 0 Å². The molecule has 0 unspecified atom stereocenters. The van der Waals surface area contributed by atoms with Crippen LogP contribution in [0.1, 0.15) is 33.1 Å². The Labute approximate surface area is 94.7 Å². The fourth-order valence-corrected chi connectivity index (χ4v) is 2.11. The summed E-state index contributed by atoms with van der Waals surface area (Å²) in [7, 11) is 0. The first-order chi connectivity index (χ1) is 7.22. The Hall–Kier alpha value is -0.340. The summed E-state index contributed by atoms with van der Waals surface area (Å²) in [5.41, 5.74) is 1.28. The van der Waals surface area contributed by atoms with Gasteiger partial charge in [0.25, 0.3) is 0 Å². The average Bonchev–Trinajstić information content (AvgIpc) is 2.25. The van der Waals surface area contributed by atoms with Crippen molar-refractivity contribution in [2.24, 2.45) is 5.92 Å². The van der Waals surface area contributed by atoms with Gasteiger partial charge in [-0.3, -0.25) is 0 Å². The van der Waals surface area contributed by atoms with E-state index in [0.717, 1.165) is 18.9 Å². The Bertz CT molecular complexity index is 181. The molecular weight excluding hydrogens is 184 g/mol. The van der Waals surface area contributed by atoms with E-state index in [0.29, 0.717) is 0 Å². The number of piperidine rings is 1. The third-order valence-corrected chi connectivity index (χ3v) is 3.32. The summed E-state index contributed by atoms with van der Waals surface area (Å²) in [4.78, 5) is 2.55. The Morgan fingerprint density at radius 1 is 1.40 bits per heavy atom. The Balaban J connectivity index is 2.01. The fourth-order valence-electron chi connectivity index (χ4n) is 2.11. The first-order valence-electron chi connectivity index (χ1n) is 6.29. The van der Waals surface area contributed by atoms with Gasteiger partial charge < -0.3 is 10.2 Å². The molecule has 1 aliphatic rings. The van der Waals surface area contributed by atoms with Crippen LogP contribution in [-0.4, -0.2) is 37.6 Å². The smallest absolute Gasteiger partial charge is 0.00117 e. The van der Waals surface area contributed by atoms with E-state index in [1.165, 1.54) is 44.6 Å². The van der Waals surface area contributed by atoms with Crippen LogP contribution < -0.4 is 5.32 Å². The monoisotopic (exact) mass is 210 g/mol. The van der Waals surface area contributed by atoms with Crippen molar-refractivity contribution in [1.29, 1.82) is 0 Å². The summed E-state index contributed by atoms with van der Waals surface area (Å²) in [5, 5.41) is 3.54. The van der Waals surface area contributed by atoms with Crippen LogP contribution in [0.4, 0.5) is 0 Å². The van der Waals surface area contributed by atoms with Gasteiger partial charge >= 0.3 is 0 Å². The maximum absolute atomic E-state index is 3.91. The molecule has 0 aromatic heterocycles.